The van der Waals surface area contributed by atoms with Gasteiger partial charge in [0.25, 0.3) is 0 Å². The molecule has 0 aromatic heterocycles. The topological polar surface area (TPSA) is 41.1 Å². The molecular weight excluding hydrogens is 236 g/mol. The van der Waals surface area contributed by atoms with Crippen molar-refractivity contribution in [1.29, 1.82) is 0 Å². The normalized spacial score (nSPS) is 12.3. The van der Waals surface area contributed by atoms with Gasteiger partial charge in [-0.3, -0.25) is 0 Å². The van der Waals surface area contributed by atoms with E-state index < -0.39 is 0 Å². The number of urea groups is 1. The summed E-state index contributed by atoms with van der Waals surface area (Å²) in [5.41, 5.74) is 0.739. The number of hydrogen-bond donors (Lipinski definition) is 2. The Morgan fingerprint density at radius 2 is 1.82 bits per heavy atom. The smallest absolute Gasteiger partial charge is 0.319 e. The molecule has 0 aliphatic heterocycles. The van der Waals surface area contributed by atoms with Gasteiger partial charge in [-0.2, -0.15) is 0 Å². The van der Waals surface area contributed by atoms with Crippen LogP contribution in [-0.4, -0.2) is 12.1 Å². The highest BCUT2D eigenvalue weighted by molar-refractivity contribution is 6.30. The van der Waals surface area contributed by atoms with Crippen molar-refractivity contribution in [3.63, 3.8) is 0 Å². The number of carbonyl (C=O) groups is 1. The van der Waals surface area contributed by atoms with Crippen LogP contribution in [0.4, 0.5) is 10.5 Å². The average molecular weight is 255 g/mol. The predicted molar refractivity (Wildman–Crippen MR) is 72.5 cm³/mol. The molecule has 2 N–H and O–H groups in total. The summed E-state index contributed by atoms with van der Waals surface area (Å²) in [5, 5.41) is 6.31. The van der Waals surface area contributed by atoms with E-state index in [4.69, 9.17) is 11.6 Å². The molecule has 1 aromatic carbocycles. The van der Waals surface area contributed by atoms with Crippen molar-refractivity contribution in [1.82, 2.24) is 5.32 Å². The Balaban J connectivity index is 2.41. The number of hydrogen-bond acceptors (Lipinski definition) is 1. The molecule has 0 saturated carbocycles. The molecule has 94 valence electrons. The second kappa shape index (κ2) is 6.50. The van der Waals surface area contributed by atoms with Crippen LogP contribution in [0.25, 0.3) is 0 Å². The number of carbonyl (C=O) groups excluding carboxylic acids is 1. The van der Waals surface area contributed by atoms with E-state index in [-0.39, 0.29) is 12.1 Å². The molecule has 17 heavy (non-hydrogen) atoms. The van der Waals surface area contributed by atoms with Crippen molar-refractivity contribution in [2.75, 3.05) is 5.32 Å². The molecule has 0 bridgehead atoms. The first-order valence-corrected chi connectivity index (χ1v) is 6.18. The molecular formula is C13H19ClN2O. The molecule has 2 amide bonds. The van der Waals surface area contributed by atoms with Crippen LogP contribution in [0.3, 0.4) is 0 Å². The molecule has 0 unspecified atom stereocenters. The van der Waals surface area contributed by atoms with Gasteiger partial charge in [0.05, 0.1) is 0 Å². The number of rotatable bonds is 4. The Labute approximate surface area is 108 Å². The van der Waals surface area contributed by atoms with Crippen LogP contribution in [0.15, 0.2) is 24.3 Å². The molecule has 0 aliphatic carbocycles. The maximum Gasteiger partial charge on any atom is 0.319 e. The van der Waals surface area contributed by atoms with E-state index >= 15 is 0 Å². The van der Waals surface area contributed by atoms with Gasteiger partial charge in [0.15, 0.2) is 0 Å². The van der Waals surface area contributed by atoms with Crippen LogP contribution in [0.2, 0.25) is 5.02 Å². The van der Waals surface area contributed by atoms with Gasteiger partial charge in [0, 0.05) is 16.8 Å². The highest BCUT2D eigenvalue weighted by atomic mass is 35.5. The van der Waals surface area contributed by atoms with Crippen molar-refractivity contribution in [3.8, 4) is 0 Å². The molecule has 4 heteroatoms. The number of benzene rings is 1. The van der Waals surface area contributed by atoms with Crippen LogP contribution < -0.4 is 10.6 Å². The van der Waals surface area contributed by atoms with E-state index in [1.54, 1.807) is 24.3 Å². The summed E-state index contributed by atoms with van der Waals surface area (Å²) >= 11 is 5.76. The van der Waals surface area contributed by atoms with Crippen molar-refractivity contribution in [3.05, 3.63) is 29.3 Å². The first kappa shape index (κ1) is 13.8. The predicted octanol–water partition coefficient (Wildman–Crippen LogP) is 3.90. The van der Waals surface area contributed by atoms with Gasteiger partial charge in [-0.25, -0.2) is 4.79 Å². The molecule has 0 radical (unpaired) electrons. The van der Waals surface area contributed by atoms with Gasteiger partial charge in [-0.05, 0) is 43.5 Å². The standard InChI is InChI=1S/C13H19ClN2O/c1-9(2)8-10(3)15-13(17)16-12-6-4-11(14)5-7-12/h4-7,9-10H,8H2,1-3H3,(H2,15,16,17)/t10-/m0/s1. The number of nitrogens with one attached hydrogen (secondary N) is 2. The van der Waals surface area contributed by atoms with E-state index in [0.717, 1.165) is 12.1 Å². The van der Waals surface area contributed by atoms with Gasteiger partial charge in [-0.15, -0.1) is 0 Å². The van der Waals surface area contributed by atoms with E-state index in [9.17, 15) is 4.79 Å². The fourth-order valence-corrected chi connectivity index (χ4v) is 1.82. The van der Waals surface area contributed by atoms with E-state index in [1.165, 1.54) is 0 Å². The Morgan fingerprint density at radius 1 is 1.24 bits per heavy atom. The number of amides is 2. The van der Waals surface area contributed by atoms with Gasteiger partial charge in [0.1, 0.15) is 0 Å². The quantitative estimate of drug-likeness (QED) is 0.841. The van der Waals surface area contributed by atoms with Crippen molar-refractivity contribution in [2.45, 2.75) is 33.2 Å². The Morgan fingerprint density at radius 3 is 2.35 bits per heavy atom. The molecule has 0 fully saturated rings. The van der Waals surface area contributed by atoms with E-state index in [0.29, 0.717) is 10.9 Å². The lowest BCUT2D eigenvalue weighted by Gasteiger charge is -2.16. The van der Waals surface area contributed by atoms with Crippen molar-refractivity contribution >= 4 is 23.3 Å². The van der Waals surface area contributed by atoms with Crippen LogP contribution in [0.1, 0.15) is 27.2 Å². The summed E-state index contributed by atoms with van der Waals surface area (Å²) in [6.45, 7) is 6.27. The molecule has 0 aliphatic rings. The Hall–Kier alpha value is -1.22. The molecule has 0 spiro atoms. The van der Waals surface area contributed by atoms with Crippen LogP contribution >= 0.6 is 11.6 Å². The highest BCUT2D eigenvalue weighted by Gasteiger charge is 2.08. The summed E-state index contributed by atoms with van der Waals surface area (Å²) in [7, 11) is 0. The summed E-state index contributed by atoms with van der Waals surface area (Å²) in [6.07, 6.45) is 0.966. The van der Waals surface area contributed by atoms with E-state index in [2.05, 4.69) is 24.5 Å². The zero-order valence-electron chi connectivity index (χ0n) is 10.5. The summed E-state index contributed by atoms with van der Waals surface area (Å²) in [4.78, 5) is 11.6. The molecule has 1 aromatic rings. The minimum atomic E-state index is -0.180. The van der Waals surface area contributed by atoms with Gasteiger partial charge < -0.3 is 10.6 Å². The van der Waals surface area contributed by atoms with Gasteiger partial charge >= 0.3 is 6.03 Å². The van der Waals surface area contributed by atoms with Crippen molar-refractivity contribution in [2.24, 2.45) is 5.92 Å². The summed E-state index contributed by atoms with van der Waals surface area (Å²) in [5.74, 6) is 0.570. The maximum absolute atomic E-state index is 11.6. The van der Waals surface area contributed by atoms with Crippen LogP contribution in [0, 0.1) is 5.92 Å². The fourth-order valence-electron chi connectivity index (χ4n) is 1.69. The number of anilines is 1. The highest BCUT2D eigenvalue weighted by Crippen LogP contribution is 2.13. The Kier molecular flexibility index (Phi) is 5.29. The first-order chi connectivity index (χ1) is 7.97. The monoisotopic (exact) mass is 254 g/mol. The lowest BCUT2D eigenvalue weighted by atomic mass is 10.1. The zero-order valence-corrected chi connectivity index (χ0v) is 11.2. The third-order valence-electron chi connectivity index (χ3n) is 2.30. The molecule has 1 atom stereocenters. The maximum atomic E-state index is 11.6. The summed E-state index contributed by atoms with van der Waals surface area (Å²) < 4.78 is 0. The Bertz CT molecular complexity index is 362. The van der Waals surface area contributed by atoms with Gasteiger partial charge in [0.2, 0.25) is 0 Å². The SMILES string of the molecule is CC(C)C[C@H](C)NC(=O)Nc1ccc(Cl)cc1. The number of halogens is 1. The third kappa shape index (κ3) is 5.59. The zero-order chi connectivity index (χ0) is 12.8. The lowest BCUT2D eigenvalue weighted by molar-refractivity contribution is 0.247. The fraction of sp³-hybridized carbons (Fsp3) is 0.462. The average Bonchev–Trinajstić information content (AvgIpc) is 2.19. The third-order valence-corrected chi connectivity index (χ3v) is 2.56. The lowest BCUT2D eigenvalue weighted by Crippen LogP contribution is -2.36. The second-order valence-corrected chi connectivity index (χ2v) is 5.07. The van der Waals surface area contributed by atoms with E-state index in [1.807, 2.05) is 6.92 Å². The summed E-state index contributed by atoms with van der Waals surface area (Å²) in [6, 6.07) is 7.02. The van der Waals surface area contributed by atoms with Crippen LogP contribution in [0.5, 0.6) is 0 Å². The van der Waals surface area contributed by atoms with Crippen LogP contribution in [-0.2, 0) is 0 Å². The minimum absolute atomic E-state index is 0.169. The molecule has 3 nitrogen and oxygen atoms in total. The van der Waals surface area contributed by atoms with Gasteiger partial charge in [-0.1, -0.05) is 25.4 Å². The second-order valence-electron chi connectivity index (χ2n) is 4.64. The first-order valence-electron chi connectivity index (χ1n) is 5.80. The molecule has 0 saturated heterocycles. The molecule has 1 rings (SSSR count). The molecule has 0 heterocycles. The minimum Gasteiger partial charge on any atom is -0.335 e. The largest absolute Gasteiger partial charge is 0.335 e. The van der Waals surface area contributed by atoms with Crippen molar-refractivity contribution < 1.29 is 4.79 Å².